The van der Waals surface area contributed by atoms with Crippen LogP contribution < -0.4 is 4.74 Å². The van der Waals surface area contributed by atoms with Crippen LogP contribution in [0.25, 0.3) is 5.76 Å². The van der Waals surface area contributed by atoms with E-state index in [2.05, 4.69) is 0 Å². The van der Waals surface area contributed by atoms with Crippen molar-refractivity contribution in [1.29, 1.82) is 0 Å². The number of likely N-dealkylation sites (tertiary alicyclic amines) is 1. The number of carbonyl (C=O) groups excluding carboxylic acids is 2. The standard InChI is InChI=1S/C25H21NO6/c1-14-10-17-11-16(7-8-20(17)32-14)23(28)21-22(15-4-2-5-18(27)12-15)26(25(30)24(21)29)13-19-6-3-9-31-19/h2-9,11-12,14,22,27-28H,10,13H2,1H3/b23-21-. The molecule has 162 valence electrons. The van der Waals surface area contributed by atoms with Crippen LogP contribution in [0.1, 0.15) is 35.4 Å². The third kappa shape index (κ3) is 3.32. The summed E-state index contributed by atoms with van der Waals surface area (Å²) >= 11 is 0. The zero-order valence-electron chi connectivity index (χ0n) is 17.3. The van der Waals surface area contributed by atoms with Gasteiger partial charge in [0.1, 0.15) is 29.1 Å². The molecule has 3 aromatic rings. The number of nitrogens with zero attached hydrogens (tertiary/aromatic N) is 1. The largest absolute Gasteiger partial charge is 0.508 e. The number of hydrogen-bond donors (Lipinski definition) is 2. The fraction of sp³-hybridized carbons (Fsp3) is 0.200. The molecule has 32 heavy (non-hydrogen) atoms. The predicted octanol–water partition coefficient (Wildman–Crippen LogP) is 3.93. The van der Waals surface area contributed by atoms with E-state index in [1.807, 2.05) is 6.92 Å². The van der Waals surface area contributed by atoms with Crippen molar-refractivity contribution in [3.63, 3.8) is 0 Å². The van der Waals surface area contributed by atoms with Crippen LogP contribution in [-0.4, -0.2) is 32.9 Å². The number of amides is 1. The maximum atomic E-state index is 13.1. The van der Waals surface area contributed by atoms with Crippen molar-refractivity contribution >= 4 is 17.4 Å². The monoisotopic (exact) mass is 431 g/mol. The fourth-order valence-corrected chi connectivity index (χ4v) is 4.38. The summed E-state index contributed by atoms with van der Waals surface area (Å²) in [7, 11) is 0. The third-order valence-electron chi connectivity index (χ3n) is 5.80. The van der Waals surface area contributed by atoms with Crippen LogP contribution in [0.3, 0.4) is 0 Å². The fourth-order valence-electron chi connectivity index (χ4n) is 4.38. The Labute approximate surface area is 184 Å². The molecule has 7 nitrogen and oxygen atoms in total. The molecule has 1 amide bonds. The van der Waals surface area contributed by atoms with Crippen molar-refractivity contribution in [1.82, 2.24) is 4.90 Å². The molecular weight excluding hydrogens is 410 g/mol. The van der Waals surface area contributed by atoms with Gasteiger partial charge in [-0.15, -0.1) is 0 Å². The summed E-state index contributed by atoms with van der Waals surface area (Å²) in [6.45, 7) is 2.01. The number of hydrogen-bond acceptors (Lipinski definition) is 6. The van der Waals surface area contributed by atoms with Gasteiger partial charge >= 0.3 is 0 Å². The van der Waals surface area contributed by atoms with E-state index in [0.717, 1.165) is 11.3 Å². The van der Waals surface area contributed by atoms with Crippen molar-refractivity contribution in [3.8, 4) is 11.5 Å². The Hall–Kier alpha value is -4.00. The predicted molar refractivity (Wildman–Crippen MR) is 115 cm³/mol. The molecule has 1 fully saturated rings. The molecule has 2 unspecified atom stereocenters. The lowest BCUT2D eigenvalue weighted by molar-refractivity contribution is -0.140. The van der Waals surface area contributed by atoms with Gasteiger partial charge < -0.3 is 24.3 Å². The zero-order chi connectivity index (χ0) is 22.4. The Balaban J connectivity index is 1.64. The van der Waals surface area contributed by atoms with Crippen LogP contribution in [0, 0.1) is 0 Å². The number of aliphatic hydroxyl groups is 1. The molecule has 2 N–H and O–H groups in total. The quantitative estimate of drug-likeness (QED) is 0.369. The van der Waals surface area contributed by atoms with E-state index in [-0.39, 0.29) is 29.7 Å². The van der Waals surface area contributed by atoms with Crippen molar-refractivity contribution in [2.45, 2.75) is 32.0 Å². The minimum atomic E-state index is -0.879. The summed E-state index contributed by atoms with van der Waals surface area (Å²) in [5.41, 5.74) is 1.84. The average molecular weight is 431 g/mol. The highest BCUT2D eigenvalue weighted by Crippen LogP contribution is 2.42. The number of aliphatic hydroxyl groups excluding tert-OH is 1. The summed E-state index contributed by atoms with van der Waals surface area (Å²) in [6.07, 6.45) is 2.22. The second-order valence-electron chi connectivity index (χ2n) is 8.06. The van der Waals surface area contributed by atoms with E-state index in [1.165, 1.54) is 23.3 Å². The van der Waals surface area contributed by atoms with Gasteiger partial charge in [0.15, 0.2) is 0 Å². The van der Waals surface area contributed by atoms with Gasteiger partial charge in [-0.3, -0.25) is 9.59 Å². The van der Waals surface area contributed by atoms with Crippen LogP contribution >= 0.6 is 0 Å². The number of Topliss-reactive ketones (excluding diaryl/α,β-unsaturated/α-hetero) is 1. The van der Waals surface area contributed by atoms with Gasteiger partial charge in [0.05, 0.1) is 24.4 Å². The number of ether oxygens (including phenoxy) is 1. The zero-order valence-corrected chi connectivity index (χ0v) is 17.3. The van der Waals surface area contributed by atoms with E-state index in [1.54, 1.807) is 42.5 Å². The van der Waals surface area contributed by atoms with Crippen LogP contribution in [0.4, 0.5) is 0 Å². The number of phenolic OH excluding ortho intramolecular Hbond substituents is 1. The van der Waals surface area contributed by atoms with Crippen LogP contribution in [0.2, 0.25) is 0 Å². The molecule has 0 saturated carbocycles. The van der Waals surface area contributed by atoms with Gasteiger partial charge in [0.25, 0.3) is 11.7 Å². The van der Waals surface area contributed by atoms with Crippen molar-refractivity contribution in [3.05, 3.63) is 88.9 Å². The second kappa shape index (κ2) is 7.60. The van der Waals surface area contributed by atoms with Gasteiger partial charge in [-0.1, -0.05) is 12.1 Å². The molecule has 2 aliphatic rings. The normalized spacial score (nSPS) is 21.6. The number of phenols is 1. The van der Waals surface area contributed by atoms with E-state index >= 15 is 0 Å². The van der Waals surface area contributed by atoms with Crippen molar-refractivity contribution in [2.75, 3.05) is 0 Å². The van der Waals surface area contributed by atoms with Gasteiger partial charge in [0.2, 0.25) is 0 Å². The first-order chi connectivity index (χ1) is 15.4. The molecule has 2 aliphatic heterocycles. The second-order valence-corrected chi connectivity index (χ2v) is 8.06. The van der Waals surface area contributed by atoms with Crippen LogP contribution in [0.5, 0.6) is 11.5 Å². The smallest absolute Gasteiger partial charge is 0.296 e. The van der Waals surface area contributed by atoms with Crippen molar-refractivity contribution < 1.29 is 29.0 Å². The molecule has 3 heterocycles. The van der Waals surface area contributed by atoms with Crippen molar-refractivity contribution in [2.24, 2.45) is 0 Å². The Kier molecular flexibility index (Phi) is 4.74. The molecule has 0 spiro atoms. The van der Waals surface area contributed by atoms with E-state index in [4.69, 9.17) is 9.15 Å². The van der Waals surface area contributed by atoms with Gasteiger partial charge in [-0.2, -0.15) is 0 Å². The molecule has 2 aromatic carbocycles. The Morgan fingerprint density at radius 1 is 1.12 bits per heavy atom. The topological polar surface area (TPSA) is 100 Å². The summed E-state index contributed by atoms with van der Waals surface area (Å²) in [5, 5.41) is 21.2. The maximum absolute atomic E-state index is 13.1. The lowest BCUT2D eigenvalue weighted by Crippen LogP contribution is -2.29. The molecule has 0 radical (unpaired) electrons. The van der Waals surface area contributed by atoms with E-state index < -0.39 is 17.7 Å². The van der Waals surface area contributed by atoms with E-state index in [9.17, 15) is 19.8 Å². The average Bonchev–Trinajstić information content (AvgIpc) is 3.47. The molecule has 7 heteroatoms. The summed E-state index contributed by atoms with van der Waals surface area (Å²) < 4.78 is 11.1. The number of carbonyl (C=O) groups is 2. The number of benzene rings is 2. The highest BCUT2D eigenvalue weighted by Gasteiger charge is 2.46. The summed E-state index contributed by atoms with van der Waals surface area (Å²) in [4.78, 5) is 27.4. The Bertz CT molecular complexity index is 1240. The van der Waals surface area contributed by atoms with Crippen LogP contribution in [0.15, 0.2) is 70.9 Å². The molecule has 0 bridgehead atoms. The molecule has 2 atom stereocenters. The summed E-state index contributed by atoms with van der Waals surface area (Å²) in [5.74, 6) is -0.546. The van der Waals surface area contributed by atoms with Gasteiger partial charge in [0, 0.05) is 12.0 Å². The number of fused-ring (bicyclic) bond motifs is 1. The molecule has 1 saturated heterocycles. The lowest BCUT2D eigenvalue weighted by Gasteiger charge is -2.24. The Morgan fingerprint density at radius 3 is 2.72 bits per heavy atom. The lowest BCUT2D eigenvalue weighted by atomic mass is 9.94. The third-order valence-corrected chi connectivity index (χ3v) is 5.80. The first-order valence-corrected chi connectivity index (χ1v) is 10.3. The highest BCUT2D eigenvalue weighted by molar-refractivity contribution is 6.46. The number of furan rings is 1. The minimum Gasteiger partial charge on any atom is -0.508 e. The van der Waals surface area contributed by atoms with Gasteiger partial charge in [-0.25, -0.2) is 0 Å². The first-order valence-electron chi connectivity index (χ1n) is 10.3. The van der Waals surface area contributed by atoms with Crippen LogP contribution in [-0.2, 0) is 22.6 Å². The molecule has 1 aromatic heterocycles. The molecular formula is C25H21NO6. The Morgan fingerprint density at radius 2 is 1.97 bits per heavy atom. The maximum Gasteiger partial charge on any atom is 0.296 e. The molecule has 5 rings (SSSR count). The number of ketones is 1. The first kappa shape index (κ1) is 19.9. The molecule has 0 aliphatic carbocycles. The van der Waals surface area contributed by atoms with Gasteiger partial charge in [-0.05, 0) is 60.5 Å². The van der Waals surface area contributed by atoms with E-state index in [0.29, 0.717) is 23.3 Å². The summed E-state index contributed by atoms with van der Waals surface area (Å²) in [6, 6.07) is 14.1. The number of aromatic hydroxyl groups is 1. The highest BCUT2D eigenvalue weighted by atomic mass is 16.5. The minimum absolute atomic E-state index is 0.00486. The number of rotatable bonds is 4. The SMILES string of the molecule is CC1Cc2cc(/C(O)=C3/C(=O)C(=O)N(Cc4ccco4)C3c3cccc(O)c3)ccc2O1.